The summed E-state index contributed by atoms with van der Waals surface area (Å²) in [7, 11) is 0. The summed E-state index contributed by atoms with van der Waals surface area (Å²) in [5.74, 6) is -0.161. The minimum atomic E-state index is -0.499. The average molecular weight is 311 g/mol. The lowest BCUT2D eigenvalue weighted by Gasteiger charge is -2.35. The molecule has 1 aromatic rings. The Hall–Kier alpha value is -1.96. The van der Waals surface area contributed by atoms with Crippen LogP contribution in [-0.4, -0.2) is 52.7 Å². The molecule has 0 aliphatic carbocycles. The van der Waals surface area contributed by atoms with E-state index in [1.807, 2.05) is 13.8 Å². The van der Waals surface area contributed by atoms with Gasteiger partial charge in [0.15, 0.2) is 0 Å². The normalized spacial score (nSPS) is 15.4. The van der Waals surface area contributed by atoms with Crippen molar-refractivity contribution in [3.8, 4) is 0 Å². The molecule has 2 rings (SSSR count). The van der Waals surface area contributed by atoms with Crippen LogP contribution in [0.2, 0.25) is 0 Å². The van der Waals surface area contributed by atoms with Crippen molar-refractivity contribution in [2.45, 2.75) is 13.8 Å². The number of rotatable bonds is 3. The second kappa shape index (κ2) is 6.21. The number of piperazine rings is 1. The third kappa shape index (κ3) is 3.38. The minimum Gasteiger partial charge on any atom is -0.339 e. The monoisotopic (exact) mass is 311 g/mol. The van der Waals surface area contributed by atoms with Gasteiger partial charge in [0.05, 0.1) is 9.80 Å². The predicted octanol–water partition coefficient (Wildman–Crippen LogP) is 1.60. The molecule has 0 atom stereocenters. The summed E-state index contributed by atoms with van der Waals surface area (Å²) in [6.45, 7) is 5.65. The van der Waals surface area contributed by atoms with Crippen molar-refractivity contribution in [3.63, 3.8) is 0 Å². The Morgan fingerprint density at radius 1 is 1.19 bits per heavy atom. The van der Waals surface area contributed by atoms with Crippen molar-refractivity contribution < 1.29 is 14.5 Å². The van der Waals surface area contributed by atoms with E-state index in [1.165, 1.54) is 12.1 Å². The fourth-order valence-electron chi connectivity index (χ4n) is 2.19. The third-order valence-electron chi connectivity index (χ3n) is 3.35. The van der Waals surface area contributed by atoms with Gasteiger partial charge in [-0.15, -0.1) is 0 Å². The van der Waals surface area contributed by atoms with E-state index in [1.54, 1.807) is 9.80 Å². The van der Waals surface area contributed by atoms with Gasteiger partial charge in [0.1, 0.15) is 0 Å². The smallest absolute Gasteiger partial charge is 0.324 e. The number of carbonyl (C=O) groups is 2. The highest BCUT2D eigenvalue weighted by Crippen LogP contribution is 2.25. The van der Waals surface area contributed by atoms with E-state index in [0.717, 1.165) is 11.3 Å². The summed E-state index contributed by atoms with van der Waals surface area (Å²) in [4.78, 5) is 38.0. The van der Waals surface area contributed by atoms with E-state index in [4.69, 9.17) is 0 Å². The van der Waals surface area contributed by atoms with Crippen LogP contribution in [0.3, 0.4) is 0 Å². The fourth-order valence-corrected chi connectivity index (χ4v) is 2.98. The Balaban J connectivity index is 1.96. The topological polar surface area (TPSA) is 83.8 Å². The molecule has 2 amide bonds. The zero-order valence-electron chi connectivity index (χ0n) is 11.9. The first-order valence-corrected chi connectivity index (χ1v) is 7.54. The number of hydrogen-bond donors (Lipinski definition) is 0. The van der Waals surface area contributed by atoms with Crippen LogP contribution in [0, 0.1) is 16.0 Å². The molecule has 0 radical (unpaired) electrons. The van der Waals surface area contributed by atoms with Gasteiger partial charge in [-0.05, 0) is 6.07 Å². The molecule has 1 aliphatic rings. The molecule has 1 aromatic heterocycles. The largest absolute Gasteiger partial charge is 0.339 e. The standard InChI is InChI=1S/C13H17N3O4S/c1-9(2)12(17)14-5-7-15(8-6-14)13(18)10-3-4-11(21-10)16(19)20/h3-4,9H,5-8H2,1-2H3. The van der Waals surface area contributed by atoms with Crippen molar-refractivity contribution in [1.29, 1.82) is 0 Å². The summed E-state index contributed by atoms with van der Waals surface area (Å²) < 4.78 is 0. The van der Waals surface area contributed by atoms with E-state index in [-0.39, 0.29) is 22.7 Å². The molecule has 1 fully saturated rings. The van der Waals surface area contributed by atoms with Crippen LogP contribution in [-0.2, 0) is 4.79 Å². The summed E-state index contributed by atoms with van der Waals surface area (Å²) in [5, 5.41) is 10.6. The Morgan fingerprint density at radius 2 is 1.76 bits per heavy atom. The van der Waals surface area contributed by atoms with Crippen LogP contribution in [0.15, 0.2) is 12.1 Å². The molecule has 7 nitrogen and oxygen atoms in total. The molecule has 2 heterocycles. The maximum Gasteiger partial charge on any atom is 0.324 e. The Bertz CT molecular complexity index is 562. The van der Waals surface area contributed by atoms with E-state index in [9.17, 15) is 19.7 Å². The molecular formula is C13H17N3O4S. The van der Waals surface area contributed by atoms with Crippen molar-refractivity contribution in [1.82, 2.24) is 9.80 Å². The van der Waals surface area contributed by atoms with E-state index in [2.05, 4.69) is 0 Å². The summed E-state index contributed by atoms with van der Waals surface area (Å²) in [6, 6.07) is 2.83. The van der Waals surface area contributed by atoms with Crippen molar-refractivity contribution >= 4 is 28.2 Å². The molecule has 1 saturated heterocycles. The highest BCUT2D eigenvalue weighted by atomic mass is 32.1. The van der Waals surface area contributed by atoms with Gasteiger partial charge in [-0.25, -0.2) is 0 Å². The maximum absolute atomic E-state index is 12.3. The average Bonchev–Trinajstić information content (AvgIpc) is 2.96. The molecular weight excluding hydrogens is 294 g/mol. The first kappa shape index (κ1) is 15.4. The van der Waals surface area contributed by atoms with Crippen LogP contribution in [0.4, 0.5) is 5.00 Å². The number of nitro groups is 1. The van der Waals surface area contributed by atoms with Crippen LogP contribution < -0.4 is 0 Å². The first-order valence-electron chi connectivity index (χ1n) is 6.72. The SMILES string of the molecule is CC(C)C(=O)N1CCN(C(=O)c2ccc([N+](=O)[O-])s2)CC1. The summed E-state index contributed by atoms with van der Waals surface area (Å²) in [6.07, 6.45) is 0. The lowest BCUT2D eigenvalue weighted by atomic mass is 10.1. The summed E-state index contributed by atoms with van der Waals surface area (Å²) in [5.41, 5.74) is 0. The Kier molecular flexibility index (Phi) is 4.56. The van der Waals surface area contributed by atoms with Gasteiger partial charge < -0.3 is 9.80 Å². The van der Waals surface area contributed by atoms with Crippen LogP contribution in [0.25, 0.3) is 0 Å². The van der Waals surface area contributed by atoms with Gasteiger partial charge in [0.2, 0.25) is 5.91 Å². The van der Waals surface area contributed by atoms with Gasteiger partial charge in [-0.3, -0.25) is 19.7 Å². The predicted molar refractivity (Wildman–Crippen MR) is 78.3 cm³/mol. The zero-order valence-corrected chi connectivity index (χ0v) is 12.8. The minimum absolute atomic E-state index is 0.0352. The van der Waals surface area contributed by atoms with Crippen LogP contribution in [0.1, 0.15) is 23.5 Å². The number of amides is 2. The van der Waals surface area contributed by atoms with E-state index >= 15 is 0 Å². The fraction of sp³-hybridized carbons (Fsp3) is 0.538. The van der Waals surface area contributed by atoms with Crippen molar-refractivity contribution in [3.05, 3.63) is 27.1 Å². The second-order valence-electron chi connectivity index (χ2n) is 5.17. The molecule has 21 heavy (non-hydrogen) atoms. The molecule has 0 N–H and O–H groups in total. The second-order valence-corrected chi connectivity index (χ2v) is 6.23. The molecule has 0 spiro atoms. The van der Waals surface area contributed by atoms with Gasteiger partial charge in [-0.1, -0.05) is 25.2 Å². The van der Waals surface area contributed by atoms with Gasteiger partial charge in [0, 0.05) is 38.2 Å². The molecule has 0 aromatic carbocycles. The quantitative estimate of drug-likeness (QED) is 0.627. The lowest BCUT2D eigenvalue weighted by Crippen LogP contribution is -2.51. The molecule has 0 bridgehead atoms. The van der Waals surface area contributed by atoms with Gasteiger partial charge in [0.25, 0.3) is 5.91 Å². The molecule has 0 unspecified atom stereocenters. The molecule has 1 aliphatic heterocycles. The molecule has 0 saturated carbocycles. The van der Waals surface area contributed by atoms with Gasteiger partial charge >= 0.3 is 5.00 Å². The van der Waals surface area contributed by atoms with E-state index < -0.39 is 4.92 Å². The number of carbonyl (C=O) groups excluding carboxylic acids is 2. The first-order chi connectivity index (χ1) is 9.90. The van der Waals surface area contributed by atoms with E-state index in [0.29, 0.717) is 31.1 Å². The van der Waals surface area contributed by atoms with Crippen LogP contribution in [0.5, 0.6) is 0 Å². The van der Waals surface area contributed by atoms with Crippen molar-refractivity contribution in [2.24, 2.45) is 5.92 Å². The number of hydrogen-bond acceptors (Lipinski definition) is 5. The Labute approximate surface area is 126 Å². The molecule has 8 heteroatoms. The highest BCUT2D eigenvalue weighted by molar-refractivity contribution is 7.17. The highest BCUT2D eigenvalue weighted by Gasteiger charge is 2.27. The molecule has 114 valence electrons. The number of thiophene rings is 1. The third-order valence-corrected chi connectivity index (χ3v) is 4.38. The number of nitrogens with zero attached hydrogens (tertiary/aromatic N) is 3. The lowest BCUT2D eigenvalue weighted by molar-refractivity contribution is -0.380. The summed E-state index contributed by atoms with van der Waals surface area (Å²) >= 11 is 0.884. The maximum atomic E-state index is 12.3. The zero-order chi connectivity index (χ0) is 15.6. The Morgan fingerprint density at radius 3 is 2.24 bits per heavy atom. The van der Waals surface area contributed by atoms with Crippen molar-refractivity contribution in [2.75, 3.05) is 26.2 Å². The van der Waals surface area contributed by atoms with Crippen LogP contribution >= 0.6 is 11.3 Å². The van der Waals surface area contributed by atoms with Gasteiger partial charge in [-0.2, -0.15) is 0 Å².